The number of carboxylic acids is 1. The van der Waals surface area contributed by atoms with Crippen molar-refractivity contribution in [2.75, 3.05) is 0 Å². The summed E-state index contributed by atoms with van der Waals surface area (Å²) in [5.41, 5.74) is 6.46. The van der Waals surface area contributed by atoms with E-state index in [4.69, 9.17) is 32.0 Å². The van der Waals surface area contributed by atoms with E-state index in [1.807, 2.05) is 0 Å². The van der Waals surface area contributed by atoms with Gasteiger partial charge in [0.15, 0.2) is 0 Å². The monoisotopic (exact) mass is 399 g/mol. The minimum absolute atomic E-state index is 0.00931. The van der Waals surface area contributed by atoms with Crippen molar-refractivity contribution in [2.45, 2.75) is 51.9 Å². The molecule has 0 heterocycles. The van der Waals surface area contributed by atoms with E-state index >= 15 is 0 Å². The van der Waals surface area contributed by atoms with Gasteiger partial charge in [0.05, 0.1) is 6.42 Å². The molecule has 6 nitrogen and oxygen atoms in total. The molecule has 1 aromatic rings. The minimum atomic E-state index is -5.08. The number of carbonyl (C=O) groups excluding carboxylic acids is 1. The van der Waals surface area contributed by atoms with E-state index in [9.17, 15) is 23.1 Å². The van der Waals surface area contributed by atoms with Gasteiger partial charge in [-0.1, -0.05) is 11.6 Å². The molecule has 0 spiro atoms. The minimum Gasteiger partial charge on any atom is -0.507 e. The first-order valence-electron chi connectivity index (χ1n) is 7.31. The van der Waals surface area contributed by atoms with Crippen LogP contribution >= 0.6 is 11.6 Å². The van der Waals surface area contributed by atoms with E-state index in [0.717, 1.165) is 0 Å². The van der Waals surface area contributed by atoms with Crippen molar-refractivity contribution in [3.05, 3.63) is 28.3 Å². The highest BCUT2D eigenvalue weighted by molar-refractivity contribution is 6.30. The van der Waals surface area contributed by atoms with Gasteiger partial charge in [-0.05, 0) is 45.4 Å². The lowest BCUT2D eigenvalue weighted by Gasteiger charge is -2.21. The van der Waals surface area contributed by atoms with Crippen LogP contribution in [0, 0.1) is 6.92 Å². The second-order valence-electron chi connectivity index (χ2n) is 6.36. The smallest absolute Gasteiger partial charge is 0.490 e. The molecule has 10 heteroatoms. The van der Waals surface area contributed by atoms with Crippen LogP contribution in [-0.2, 0) is 14.3 Å². The van der Waals surface area contributed by atoms with Gasteiger partial charge in [-0.3, -0.25) is 4.79 Å². The molecule has 1 atom stereocenters. The number of phenols is 1. The van der Waals surface area contributed by atoms with Crippen LogP contribution in [0.5, 0.6) is 5.75 Å². The van der Waals surface area contributed by atoms with Crippen molar-refractivity contribution in [3.8, 4) is 5.75 Å². The number of aliphatic carboxylic acids is 1. The van der Waals surface area contributed by atoms with Crippen LogP contribution in [0.1, 0.15) is 44.4 Å². The Morgan fingerprint density at radius 1 is 1.27 bits per heavy atom. The third-order valence-electron chi connectivity index (χ3n) is 2.74. The summed E-state index contributed by atoms with van der Waals surface area (Å²) in [5, 5.41) is 17.5. The molecule has 0 aromatic heterocycles. The van der Waals surface area contributed by atoms with E-state index in [1.165, 1.54) is 0 Å². The second kappa shape index (κ2) is 9.09. The lowest BCUT2D eigenvalue weighted by atomic mass is 10.0. The Morgan fingerprint density at radius 3 is 2.12 bits per heavy atom. The standard InChI is InChI=1S/C14H20ClNO3.C2HF3O2/c1-8-5-9(15)6-10(13(8)18)11(16)7-12(17)19-14(2,3)4;3-2(4,5)1(6)7/h5-6,11,18H,7,16H2,1-4H3;(H,6,7). The lowest BCUT2D eigenvalue weighted by Crippen LogP contribution is -2.26. The van der Waals surface area contributed by atoms with Gasteiger partial charge in [0.2, 0.25) is 0 Å². The number of carbonyl (C=O) groups is 2. The van der Waals surface area contributed by atoms with E-state index in [-0.39, 0.29) is 12.2 Å². The average molecular weight is 400 g/mol. The Kier molecular flexibility index (Phi) is 8.39. The molecule has 0 bridgehead atoms. The predicted octanol–water partition coefficient (Wildman–Crippen LogP) is 3.72. The number of halogens is 4. The summed E-state index contributed by atoms with van der Waals surface area (Å²) in [6, 6.07) is 2.56. The normalized spacial score (nSPS) is 12.7. The maximum Gasteiger partial charge on any atom is 0.490 e. The number of benzene rings is 1. The highest BCUT2D eigenvalue weighted by atomic mass is 35.5. The van der Waals surface area contributed by atoms with Crippen molar-refractivity contribution in [1.82, 2.24) is 0 Å². The average Bonchev–Trinajstić information content (AvgIpc) is 2.39. The molecule has 0 fully saturated rings. The lowest BCUT2D eigenvalue weighted by molar-refractivity contribution is -0.192. The number of aromatic hydroxyl groups is 1. The summed E-state index contributed by atoms with van der Waals surface area (Å²) in [7, 11) is 0. The van der Waals surface area contributed by atoms with Crippen molar-refractivity contribution < 1.29 is 37.7 Å². The fourth-order valence-corrected chi connectivity index (χ4v) is 2.00. The topological polar surface area (TPSA) is 110 Å². The van der Waals surface area contributed by atoms with E-state index in [2.05, 4.69) is 0 Å². The van der Waals surface area contributed by atoms with E-state index in [0.29, 0.717) is 16.1 Å². The maximum atomic E-state index is 11.7. The summed E-state index contributed by atoms with van der Waals surface area (Å²) in [6.45, 7) is 7.09. The number of hydrogen-bond acceptors (Lipinski definition) is 5. The van der Waals surface area contributed by atoms with Crippen LogP contribution in [0.25, 0.3) is 0 Å². The molecule has 0 radical (unpaired) electrons. The first-order valence-corrected chi connectivity index (χ1v) is 7.69. The number of hydrogen-bond donors (Lipinski definition) is 3. The molecule has 1 unspecified atom stereocenters. The summed E-state index contributed by atoms with van der Waals surface area (Å²) in [4.78, 5) is 20.6. The highest BCUT2D eigenvalue weighted by Crippen LogP contribution is 2.31. The Morgan fingerprint density at radius 2 is 1.73 bits per heavy atom. The highest BCUT2D eigenvalue weighted by Gasteiger charge is 2.38. The number of rotatable bonds is 3. The summed E-state index contributed by atoms with van der Waals surface area (Å²) in [5.74, 6) is -3.09. The number of nitrogens with two attached hydrogens (primary N) is 1. The molecular weight excluding hydrogens is 379 g/mol. The Labute approximate surface area is 153 Å². The zero-order valence-corrected chi connectivity index (χ0v) is 15.4. The third kappa shape index (κ3) is 8.91. The van der Waals surface area contributed by atoms with E-state index < -0.39 is 29.8 Å². The molecule has 1 rings (SSSR count). The SMILES string of the molecule is Cc1cc(Cl)cc(C(N)CC(=O)OC(C)(C)C)c1O.O=C(O)C(F)(F)F. The Hall–Kier alpha value is -2.00. The first kappa shape index (κ1) is 24.0. The largest absolute Gasteiger partial charge is 0.507 e. The molecule has 0 amide bonds. The third-order valence-corrected chi connectivity index (χ3v) is 2.96. The zero-order valence-electron chi connectivity index (χ0n) is 14.6. The fourth-order valence-electron chi connectivity index (χ4n) is 1.72. The van der Waals surface area contributed by atoms with Gasteiger partial charge in [0, 0.05) is 16.6 Å². The van der Waals surface area contributed by atoms with Gasteiger partial charge >= 0.3 is 18.1 Å². The summed E-state index contributed by atoms with van der Waals surface area (Å²) in [6.07, 6.45) is -5.09. The van der Waals surface area contributed by atoms with Gasteiger partial charge in [-0.15, -0.1) is 0 Å². The molecule has 1 aromatic carbocycles. The molecule has 148 valence electrons. The molecule has 0 aliphatic carbocycles. The molecule has 26 heavy (non-hydrogen) atoms. The fraction of sp³-hybridized carbons (Fsp3) is 0.500. The predicted molar refractivity (Wildman–Crippen MR) is 88.9 cm³/mol. The van der Waals surface area contributed by atoms with Crippen molar-refractivity contribution in [2.24, 2.45) is 5.73 Å². The number of phenolic OH excluding ortho intramolecular Hbond substituents is 1. The quantitative estimate of drug-likeness (QED) is 0.668. The van der Waals surface area contributed by atoms with Crippen molar-refractivity contribution >= 4 is 23.5 Å². The van der Waals surface area contributed by atoms with Crippen LogP contribution in [0.2, 0.25) is 5.02 Å². The summed E-state index contributed by atoms with van der Waals surface area (Å²) >= 11 is 5.93. The molecule has 0 aliphatic heterocycles. The molecule has 0 aliphatic rings. The van der Waals surface area contributed by atoms with Crippen LogP contribution in [0.4, 0.5) is 13.2 Å². The van der Waals surface area contributed by atoms with Gasteiger partial charge in [0.1, 0.15) is 11.4 Å². The van der Waals surface area contributed by atoms with Crippen LogP contribution in [0.15, 0.2) is 12.1 Å². The van der Waals surface area contributed by atoms with Crippen LogP contribution in [-0.4, -0.2) is 33.9 Å². The van der Waals surface area contributed by atoms with Crippen LogP contribution < -0.4 is 5.73 Å². The Bertz CT molecular complexity index is 657. The number of esters is 1. The van der Waals surface area contributed by atoms with Gasteiger partial charge < -0.3 is 20.7 Å². The van der Waals surface area contributed by atoms with Gasteiger partial charge in [-0.25, -0.2) is 4.79 Å². The van der Waals surface area contributed by atoms with Crippen LogP contribution in [0.3, 0.4) is 0 Å². The van der Waals surface area contributed by atoms with E-state index in [1.54, 1.807) is 39.8 Å². The molecule has 0 saturated carbocycles. The number of ether oxygens (including phenoxy) is 1. The molecular formula is C16H21ClF3NO5. The molecule has 0 saturated heterocycles. The molecule has 4 N–H and O–H groups in total. The zero-order chi connectivity index (χ0) is 20.9. The number of carboxylic acid groups (broad SMARTS) is 1. The van der Waals surface area contributed by atoms with Gasteiger partial charge in [0.25, 0.3) is 0 Å². The van der Waals surface area contributed by atoms with Crippen molar-refractivity contribution in [3.63, 3.8) is 0 Å². The van der Waals surface area contributed by atoms with Crippen molar-refractivity contribution in [1.29, 1.82) is 0 Å². The Balaban J connectivity index is 0.000000758. The maximum absolute atomic E-state index is 11.7. The number of aryl methyl sites for hydroxylation is 1. The summed E-state index contributed by atoms with van der Waals surface area (Å²) < 4.78 is 36.9. The number of alkyl halides is 3. The second-order valence-corrected chi connectivity index (χ2v) is 6.80. The first-order chi connectivity index (χ1) is 11.5. The van der Waals surface area contributed by atoms with Gasteiger partial charge in [-0.2, -0.15) is 13.2 Å².